The third kappa shape index (κ3) is 8.53. The summed E-state index contributed by atoms with van der Waals surface area (Å²) >= 11 is 0. The summed E-state index contributed by atoms with van der Waals surface area (Å²) in [5.74, 6) is 0. The molecule has 14 heavy (non-hydrogen) atoms. The van der Waals surface area contributed by atoms with E-state index in [0.29, 0.717) is 0 Å². The average Bonchev–Trinajstić information content (AvgIpc) is 2.03. The number of hydrogen-bond donors (Lipinski definition) is 0. The first-order valence-corrected chi connectivity index (χ1v) is 4.43. The van der Waals surface area contributed by atoms with Gasteiger partial charge in [0.25, 0.3) is 5.69 Å². The number of nitro groups is 1. The van der Waals surface area contributed by atoms with E-state index in [0.717, 1.165) is 0 Å². The molecule has 78 valence electrons. The zero-order valence-electron chi connectivity index (χ0n) is 6.63. The molecule has 0 atom stereocenters. The Labute approximate surface area is 78.6 Å². The van der Waals surface area contributed by atoms with Gasteiger partial charge in [-0.3, -0.25) is 10.1 Å². The zero-order valence-corrected chi connectivity index (χ0v) is 7.45. The quantitative estimate of drug-likeness (QED) is 0.414. The van der Waals surface area contributed by atoms with Crippen molar-refractivity contribution in [1.82, 2.24) is 0 Å². The lowest BCUT2D eigenvalue weighted by atomic mass is 10.3. The first-order valence-electron chi connectivity index (χ1n) is 3.14. The van der Waals surface area contributed by atoms with Crippen LogP contribution in [0.15, 0.2) is 30.3 Å². The highest BCUT2D eigenvalue weighted by Crippen LogP contribution is 2.06. The van der Waals surface area contributed by atoms with E-state index in [1.807, 2.05) is 0 Å². The fraction of sp³-hybridized carbons (Fsp3) is 0. The molecule has 5 nitrogen and oxygen atoms in total. The van der Waals surface area contributed by atoms with E-state index < -0.39 is 15.5 Å². The Kier molecular flexibility index (Phi) is 4.64. The molecule has 0 aliphatic rings. The number of para-hydroxylation sites is 1. The van der Waals surface area contributed by atoms with Gasteiger partial charge in [0.15, 0.2) is 0 Å². The van der Waals surface area contributed by atoms with Crippen molar-refractivity contribution in [2.45, 2.75) is 0 Å². The minimum absolute atomic E-state index is 0.137. The molecule has 8 heteroatoms. The fourth-order valence-electron chi connectivity index (χ4n) is 0.550. The van der Waals surface area contributed by atoms with E-state index in [9.17, 15) is 17.9 Å². The molecule has 1 aromatic rings. The zero-order chi connectivity index (χ0) is 11.2. The summed E-state index contributed by atoms with van der Waals surface area (Å²) in [6, 6.07) is 7.93. The van der Waals surface area contributed by atoms with Gasteiger partial charge in [0.1, 0.15) is 0 Å². The fourth-order valence-corrected chi connectivity index (χ4v) is 0.550. The van der Waals surface area contributed by atoms with E-state index in [1.54, 1.807) is 18.2 Å². The third-order valence-electron chi connectivity index (χ3n) is 0.967. The van der Waals surface area contributed by atoms with Crippen molar-refractivity contribution in [3.05, 3.63) is 40.4 Å². The van der Waals surface area contributed by atoms with Crippen molar-refractivity contribution in [1.29, 1.82) is 0 Å². The molecule has 0 aliphatic heterocycles. The van der Waals surface area contributed by atoms with Crippen LogP contribution in [0.2, 0.25) is 0 Å². The smallest absolute Gasteiger partial charge is 0.258 e. The van der Waals surface area contributed by atoms with Gasteiger partial charge in [-0.15, -0.1) is 0 Å². The molecule has 1 rings (SSSR count). The lowest BCUT2D eigenvalue weighted by molar-refractivity contribution is -0.384. The van der Waals surface area contributed by atoms with Gasteiger partial charge in [-0.1, -0.05) is 26.0 Å². The first kappa shape index (κ1) is 12.4. The monoisotopic (exact) mass is 225 g/mol. The summed E-state index contributed by atoms with van der Waals surface area (Å²) < 4.78 is 36.6. The van der Waals surface area contributed by atoms with Gasteiger partial charge in [0.2, 0.25) is 0 Å². The second-order valence-electron chi connectivity index (χ2n) is 1.97. The van der Waals surface area contributed by atoms with E-state index in [1.165, 1.54) is 12.1 Å². The number of rotatable bonds is 1. The molecular weight excluding hydrogens is 220 g/mol. The summed E-state index contributed by atoms with van der Waals surface area (Å²) in [6.45, 7) is 0. The number of halogens is 2. The molecule has 0 radical (unpaired) electrons. The van der Waals surface area contributed by atoms with Gasteiger partial charge >= 0.3 is 10.6 Å². The van der Waals surface area contributed by atoms with Crippen LogP contribution in [0, 0.1) is 10.1 Å². The Hall–Kier alpha value is -1.57. The van der Waals surface area contributed by atoms with Gasteiger partial charge in [0.05, 0.1) is 4.92 Å². The van der Waals surface area contributed by atoms with Crippen LogP contribution in [0.4, 0.5) is 13.5 Å². The largest absolute Gasteiger partial charge is 0.476 e. The molecule has 0 saturated carbocycles. The lowest BCUT2D eigenvalue weighted by Crippen LogP contribution is -1.84. The Morgan fingerprint density at radius 1 is 1.14 bits per heavy atom. The third-order valence-corrected chi connectivity index (χ3v) is 0.967. The number of benzene rings is 1. The van der Waals surface area contributed by atoms with E-state index >= 15 is 0 Å². The molecule has 1 aromatic carbocycles. The topological polar surface area (TPSA) is 77.3 Å². The Morgan fingerprint density at radius 3 is 1.71 bits per heavy atom. The second kappa shape index (κ2) is 5.22. The minimum atomic E-state index is -5.67. The molecular formula is C6H5F2NO4S. The second-order valence-corrected chi connectivity index (χ2v) is 2.73. The van der Waals surface area contributed by atoms with Crippen LogP contribution in [0.25, 0.3) is 0 Å². The maximum atomic E-state index is 10.0. The number of hydrogen-bond acceptors (Lipinski definition) is 4. The number of nitrogens with zero attached hydrogens (tertiary/aromatic N) is 1. The van der Waals surface area contributed by atoms with Crippen molar-refractivity contribution < 1.29 is 21.1 Å². The minimum Gasteiger partial charge on any atom is -0.258 e. The summed E-state index contributed by atoms with van der Waals surface area (Å²) in [4.78, 5) is 9.59. The lowest BCUT2D eigenvalue weighted by Gasteiger charge is -1.85. The molecule has 0 aromatic heterocycles. The average molecular weight is 225 g/mol. The molecule has 0 N–H and O–H groups in total. The standard InChI is InChI=1S/C6H5NO2.F2O2S/c8-7(9)6-4-2-1-3-5-6;1-5(2,3)4/h1-5H;. The maximum absolute atomic E-state index is 10.0. The van der Waals surface area contributed by atoms with Crippen LogP contribution in [-0.2, 0) is 10.6 Å². The van der Waals surface area contributed by atoms with E-state index in [-0.39, 0.29) is 5.69 Å². The van der Waals surface area contributed by atoms with Crippen molar-refractivity contribution >= 4 is 16.3 Å². The van der Waals surface area contributed by atoms with E-state index in [2.05, 4.69) is 0 Å². The van der Waals surface area contributed by atoms with Crippen molar-refractivity contribution in [3.63, 3.8) is 0 Å². The molecule has 0 heterocycles. The van der Waals surface area contributed by atoms with Gasteiger partial charge in [0, 0.05) is 12.1 Å². The summed E-state index contributed by atoms with van der Waals surface area (Å²) in [6.07, 6.45) is 0. The van der Waals surface area contributed by atoms with Crippen molar-refractivity contribution in [3.8, 4) is 0 Å². The van der Waals surface area contributed by atoms with Crippen molar-refractivity contribution in [2.24, 2.45) is 0 Å². The molecule has 0 bridgehead atoms. The number of non-ortho nitro benzene ring substituents is 1. The van der Waals surface area contributed by atoms with Gasteiger partial charge in [-0.2, -0.15) is 8.42 Å². The van der Waals surface area contributed by atoms with Crippen LogP contribution >= 0.6 is 0 Å². The van der Waals surface area contributed by atoms with Crippen LogP contribution in [0.1, 0.15) is 0 Å². The summed E-state index contributed by atoms with van der Waals surface area (Å²) in [7, 11) is -5.67. The predicted molar refractivity (Wildman–Crippen MR) is 44.2 cm³/mol. The molecule has 0 spiro atoms. The summed E-state index contributed by atoms with van der Waals surface area (Å²) in [5, 5.41) is 10.0. The maximum Gasteiger partial charge on any atom is 0.476 e. The molecule has 0 aliphatic carbocycles. The van der Waals surface area contributed by atoms with Gasteiger partial charge in [-0.05, 0) is 0 Å². The summed E-state index contributed by atoms with van der Waals surface area (Å²) in [5.41, 5.74) is 0.137. The van der Waals surface area contributed by atoms with Crippen LogP contribution in [-0.4, -0.2) is 13.3 Å². The number of nitro benzene ring substituents is 1. The Balaban J connectivity index is 0.000000292. The predicted octanol–water partition coefficient (Wildman–Crippen LogP) is 1.77. The SMILES string of the molecule is O=S(=O)(F)F.O=[N+]([O-])c1ccccc1. The van der Waals surface area contributed by atoms with Gasteiger partial charge < -0.3 is 0 Å². The highest BCUT2D eigenvalue weighted by Gasteiger charge is 1.98. The van der Waals surface area contributed by atoms with Crippen LogP contribution < -0.4 is 0 Å². The molecule has 0 unspecified atom stereocenters. The van der Waals surface area contributed by atoms with E-state index in [4.69, 9.17) is 8.42 Å². The Bertz CT molecular complexity index is 384. The highest BCUT2D eigenvalue weighted by molar-refractivity contribution is 7.81. The Morgan fingerprint density at radius 2 is 1.50 bits per heavy atom. The molecule has 0 fully saturated rings. The molecule has 0 saturated heterocycles. The first-order chi connectivity index (χ1) is 6.30. The normalized spacial score (nSPS) is 9.86. The van der Waals surface area contributed by atoms with Gasteiger partial charge in [-0.25, -0.2) is 0 Å². The van der Waals surface area contributed by atoms with Crippen molar-refractivity contribution in [2.75, 3.05) is 0 Å². The highest BCUT2D eigenvalue weighted by atomic mass is 32.3. The van der Waals surface area contributed by atoms with Crippen LogP contribution in [0.5, 0.6) is 0 Å². The van der Waals surface area contributed by atoms with Crippen LogP contribution in [0.3, 0.4) is 0 Å². The molecule has 0 amide bonds.